The Bertz CT molecular complexity index is 906. The van der Waals surface area contributed by atoms with Crippen molar-refractivity contribution in [2.75, 3.05) is 39.4 Å². The van der Waals surface area contributed by atoms with Gasteiger partial charge in [0, 0.05) is 54.9 Å². The van der Waals surface area contributed by atoms with E-state index in [0.29, 0.717) is 12.1 Å². The fourth-order valence-electron chi connectivity index (χ4n) is 3.21. The van der Waals surface area contributed by atoms with Crippen LogP contribution in [0, 0.1) is 0 Å². The average molecular weight is 336 g/mol. The van der Waals surface area contributed by atoms with E-state index in [9.17, 15) is 4.79 Å². The summed E-state index contributed by atoms with van der Waals surface area (Å²) in [5.41, 5.74) is 2.23. The molecule has 4 rings (SSSR count). The van der Waals surface area contributed by atoms with Gasteiger partial charge in [-0.3, -0.25) is 19.7 Å². The van der Waals surface area contributed by atoms with Crippen LogP contribution >= 0.6 is 0 Å². The number of hydrogen-bond acceptors (Lipinski definition) is 5. The van der Waals surface area contributed by atoms with Gasteiger partial charge in [-0.25, -0.2) is 0 Å². The summed E-state index contributed by atoms with van der Waals surface area (Å²) in [6.07, 6.45) is 3.48. The molecule has 0 atom stereocenters. The van der Waals surface area contributed by atoms with Crippen molar-refractivity contribution in [3.63, 3.8) is 0 Å². The number of carbonyl (C=O) groups is 1. The monoisotopic (exact) mass is 336 g/mol. The van der Waals surface area contributed by atoms with Crippen LogP contribution in [0.15, 0.2) is 42.7 Å². The van der Waals surface area contributed by atoms with E-state index in [2.05, 4.69) is 20.2 Å². The van der Waals surface area contributed by atoms with E-state index in [1.807, 2.05) is 30.3 Å². The van der Waals surface area contributed by atoms with E-state index >= 15 is 0 Å². The molecule has 3 aromatic rings. The number of aromatic nitrogens is 2. The van der Waals surface area contributed by atoms with Crippen LogP contribution < -0.4 is 5.32 Å². The van der Waals surface area contributed by atoms with Crippen molar-refractivity contribution in [2.45, 2.75) is 0 Å². The molecule has 0 saturated carbocycles. The first kappa shape index (κ1) is 15.9. The van der Waals surface area contributed by atoms with Crippen molar-refractivity contribution >= 4 is 27.7 Å². The van der Waals surface area contributed by atoms with Gasteiger partial charge in [0.25, 0.3) is 5.91 Å². The van der Waals surface area contributed by atoms with Gasteiger partial charge in [-0.05, 0) is 18.2 Å². The first-order valence-electron chi connectivity index (χ1n) is 8.54. The van der Waals surface area contributed by atoms with Gasteiger partial charge >= 0.3 is 0 Å². The average Bonchev–Trinajstić information content (AvgIpc) is 2.68. The molecule has 1 saturated heterocycles. The maximum atomic E-state index is 12.7. The number of nitrogens with one attached hydrogen (secondary N) is 1. The molecule has 1 aliphatic heterocycles. The van der Waals surface area contributed by atoms with E-state index in [1.165, 1.54) is 0 Å². The summed E-state index contributed by atoms with van der Waals surface area (Å²) in [5, 5.41) is 4.79. The molecule has 6 heteroatoms. The van der Waals surface area contributed by atoms with E-state index < -0.39 is 0 Å². The summed E-state index contributed by atoms with van der Waals surface area (Å²) in [6, 6.07) is 9.50. The van der Waals surface area contributed by atoms with Crippen LogP contribution in [0.3, 0.4) is 0 Å². The third-order valence-corrected chi connectivity index (χ3v) is 4.52. The van der Waals surface area contributed by atoms with Gasteiger partial charge < -0.3 is 10.1 Å². The molecule has 25 heavy (non-hydrogen) atoms. The lowest BCUT2D eigenvalue weighted by Gasteiger charge is -2.26. The number of ether oxygens (including phenoxy) is 1. The third-order valence-electron chi connectivity index (χ3n) is 4.52. The summed E-state index contributed by atoms with van der Waals surface area (Å²) in [5.74, 6) is -0.0722. The Kier molecular flexibility index (Phi) is 4.54. The van der Waals surface area contributed by atoms with E-state index in [1.54, 1.807) is 12.4 Å². The summed E-state index contributed by atoms with van der Waals surface area (Å²) in [4.78, 5) is 23.9. The van der Waals surface area contributed by atoms with Crippen LogP contribution in [0.25, 0.3) is 21.8 Å². The van der Waals surface area contributed by atoms with Crippen LogP contribution in [0.2, 0.25) is 0 Å². The molecule has 0 bridgehead atoms. The number of hydrogen-bond donors (Lipinski definition) is 1. The lowest BCUT2D eigenvalue weighted by atomic mass is 10.0. The number of pyridine rings is 2. The number of amides is 1. The largest absolute Gasteiger partial charge is 0.379 e. The van der Waals surface area contributed by atoms with Crippen LogP contribution in [0.1, 0.15) is 10.4 Å². The summed E-state index contributed by atoms with van der Waals surface area (Å²) in [7, 11) is 0. The molecule has 0 radical (unpaired) electrons. The van der Waals surface area contributed by atoms with Gasteiger partial charge in [0.1, 0.15) is 0 Å². The molecule has 2 aromatic heterocycles. The molecule has 1 N–H and O–H groups in total. The Morgan fingerprint density at radius 3 is 2.72 bits per heavy atom. The normalized spacial score (nSPS) is 15.5. The standard InChI is InChI=1S/C19H20N4O2/c24-19(22-7-8-23-9-11-25-12-10-23)16-13-14-3-1-5-20-17(14)18-15(16)4-2-6-21-18/h1-6,13H,7-12H2,(H,22,24). The lowest BCUT2D eigenvalue weighted by Crippen LogP contribution is -2.41. The highest BCUT2D eigenvalue weighted by Gasteiger charge is 2.15. The lowest BCUT2D eigenvalue weighted by molar-refractivity contribution is 0.0383. The van der Waals surface area contributed by atoms with Gasteiger partial charge in [0.05, 0.1) is 24.2 Å². The third kappa shape index (κ3) is 3.31. The van der Waals surface area contributed by atoms with Gasteiger partial charge in [-0.1, -0.05) is 12.1 Å². The number of nitrogens with zero attached hydrogens (tertiary/aromatic N) is 3. The van der Waals surface area contributed by atoms with Crippen molar-refractivity contribution in [2.24, 2.45) is 0 Å². The van der Waals surface area contributed by atoms with Gasteiger partial charge in [-0.2, -0.15) is 0 Å². The minimum absolute atomic E-state index is 0.0722. The van der Waals surface area contributed by atoms with Crippen LogP contribution in [0.4, 0.5) is 0 Å². The molecule has 0 aliphatic carbocycles. The number of morpholine rings is 1. The molecule has 128 valence electrons. The zero-order valence-corrected chi connectivity index (χ0v) is 13.9. The van der Waals surface area contributed by atoms with E-state index in [-0.39, 0.29) is 5.91 Å². The Morgan fingerprint density at radius 1 is 1.12 bits per heavy atom. The second-order valence-electron chi connectivity index (χ2n) is 6.11. The minimum atomic E-state index is -0.0722. The van der Waals surface area contributed by atoms with Gasteiger partial charge in [-0.15, -0.1) is 0 Å². The summed E-state index contributed by atoms with van der Waals surface area (Å²) >= 11 is 0. The second kappa shape index (κ2) is 7.13. The molecule has 0 spiro atoms. The zero-order chi connectivity index (χ0) is 17.1. The molecule has 6 nitrogen and oxygen atoms in total. The van der Waals surface area contributed by atoms with Crippen LogP contribution in [-0.2, 0) is 4.74 Å². The highest BCUT2D eigenvalue weighted by molar-refractivity contribution is 6.14. The maximum absolute atomic E-state index is 12.7. The van der Waals surface area contributed by atoms with Crippen molar-refractivity contribution in [3.05, 3.63) is 48.3 Å². The molecule has 1 fully saturated rings. The molecule has 3 heterocycles. The maximum Gasteiger partial charge on any atom is 0.252 e. The first-order valence-corrected chi connectivity index (χ1v) is 8.54. The van der Waals surface area contributed by atoms with Gasteiger partial charge in [0.15, 0.2) is 0 Å². The fourth-order valence-corrected chi connectivity index (χ4v) is 3.21. The number of fused-ring (bicyclic) bond motifs is 3. The SMILES string of the molecule is O=C(NCCN1CCOCC1)c1cc2cccnc2c2ncccc12. The van der Waals surface area contributed by atoms with E-state index in [4.69, 9.17) is 4.74 Å². The molecular weight excluding hydrogens is 316 g/mol. The topological polar surface area (TPSA) is 67.4 Å². The summed E-state index contributed by atoms with van der Waals surface area (Å²) in [6.45, 7) is 4.82. The van der Waals surface area contributed by atoms with Crippen LogP contribution in [0.5, 0.6) is 0 Å². The fraction of sp³-hybridized carbons (Fsp3) is 0.316. The predicted molar refractivity (Wildman–Crippen MR) is 96.6 cm³/mol. The Labute approximate surface area is 145 Å². The number of benzene rings is 1. The zero-order valence-electron chi connectivity index (χ0n) is 13.9. The predicted octanol–water partition coefficient (Wildman–Crippen LogP) is 1.84. The first-order chi connectivity index (χ1) is 12.3. The Morgan fingerprint density at radius 2 is 1.88 bits per heavy atom. The van der Waals surface area contributed by atoms with E-state index in [0.717, 1.165) is 54.7 Å². The second-order valence-corrected chi connectivity index (χ2v) is 6.11. The van der Waals surface area contributed by atoms with Crippen molar-refractivity contribution in [1.29, 1.82) is 0 Å². The highest BCUT2D eigenvalue weighted by atomic mass is 16.5. The van der Waals surface area contributed by atoms with Crippen molar-refractivity contribution in [1.82, 2.24) is 20.2 Å². The van der Waals surface area contributed by atoms with Crippen molar-refractivity contribution < 1.29 is 9.53 Å². The molecule has 1 aromatic carbocycles. The van der Waals surface area contributed by atoms with Crippen molar-refractivity contribution in [3.8, 4) is 0 Å². The molecule has 1 amide bonds. The van der Waals surface area contributed by atoms with Crippen LogP contribution in [-0.4, -0.2) is 60.2 Å². The molecular formula is C19H20N4O2. The summed E-state index contributed by atoms with van der Waals surface area (Å²) < 4.78 is 5.34. The minimum Gasteiger partial charge on any atom is -0.379 e. The Balaban J connectivity index is 1.57. The highest BCUT2D eigenvalue weighted by Crippen LogP contribution is 2.25. The smallest absolute Gasteiger partial charge is 0.252 e. The van der Waals surface area contributed by atoms with Gasteiger partial charge in [0.2, 0.25) is 0 Å². The quantitative estimate of drug-likeness (QED) is 0.737. The number of rotatable bonds is 4. The Hall–Kier alpha value is -2.57. The molecule has 0 unspecified atom stereocenters. The molecule has 1 aliphatic rings. The number of carbonyl (C=O) groups excluding carboxylic acids is 1.